The average Bonchev–Trinajstić information content (AvgIpc) is 2.79. The minimum absolute atomic E-state index is 0.154. The van der Waals surface area contributed by atoms with Crippen molar-refractivity contribution in [2.45, 2.75) is 26.9 Å². The minimum atomic E-state index is -0.510. The van der Waals surface area contributed by atoms with Crippen LogP contribution in [0.4, 0.5) is 11.4 Å². The molecule has 0 aliphatic carbocycles. The Morgan fingerprint density at radius 1 is 1.32 bits per heavy atom. The van der Waals surface area contributed by atoms with E-state index in [9.17, 15) is 9.59 Å². The van der Waals surface area contributed by atoms with Crippen LogP contribution in [0.2, 0.25) is 0 Å². The standard InChI is InChI=1S/C16H16N2O3S/c1-8-6-12(10(3)22-8)16(20)17-11-4-5-14-13(7-11)18-15(19)9(2)21-14/h4-7,9H,1-3H3,(H,17,20)(H,18,19)/t9-/m1/s1. The molecule has 1 aliphatic heterocycles. The molecule has 2 N–H and O–H groups in total. The molecule has 5 nitrogen and oxygen atoms in total. The molecule has 1 aromatic heterocycles. The number of anilines is 2. The third-order valence-corrected chi connectivity index (χ3v) is 4.42. The van der Waals surface area contributed by atoms with E-state index < -0.39 is 6.10 Å². The summed E-state index contributed by atoms with van der Waals surface area (Å²) in [6.07, 6.45) is -0.510. The van der Waals surface area contributed by atoms with Crippen molar-refractivity contribution in [3.63, 3.8) is 0 Å². The van der Waals surface area contributed by atoms with E-state index in [2.05, 4.69) is 10.6 Å². The predicted molar refractivity (Wildman–Crippen MR) is 86.9 cm³/mol. The highest BCUT2D eigenvalue weighted by Crippen LogP contribution is 2.32. The lowest BCUT2D eigenvalue weighted by Crippen LogP contribution is -2.34. The molecule has 0 radical (unpaired) electrons. The first-order valence-electron chi connectivity index (χ1n) is 6.94. The Morgan fingerprint density at radius 2 is 2.09 bits per heavy atom. The average molecular weight is 316 g/mol. The summed E-state index contributed by atoms with van der Waals surface area (Å²) in [4.78, 5) is 26.0. The second-order valence-electron chi connectivity index (χ2n) is 5.24. The van der Waals surface area contributed by atoms with Crippen LogP contribution >= 0.6 is 11.3 Å². The lowest BCUT2D eigenvalue weighted by Gasteiger charge is -2.23. The molecular weight excluding hydrogens is 300 g/mol. The van der Waals surface area contributed by atoms with Crippen LogP contribution in [0.5, 0.6) is 5.75 Å². The Morgan fingerprint density at radius 3 is 2.77 bits per heavy atom. The monoisotopic (exact) mass is 316 g/mol. The predicted octanol–water partition coefficient (Wildman–Crippen LogP) is 3.34. The molecule has 0 unspecified atom stereocenters. The third-order valence-electron chi connectivity index (χ3n) is 3.45. The van der Waals surface area contributed by atoms with Crippen molar-refractivity contribution >= 4 is 34.5 Å². The molecule has 0 fully saturated rings. The lowest BCUT2D eigenvalue weighted by molar-refractivity contribution is -0.122. The Labute approximate surface area is 132 Å². The van der Waals surface area contributed by atoms with Gasteiger partial charge in [-0.3, -0.25) is 9.59 Å². The number of thiophene rings is 1. The first-order chi connectivity index (χ1) is 10.4. The molecule has 2 aromatic rings. The molecule has 1 atom stereocenters. The fourth-order valence-corrected chi connectivity index (χ4v) is 3.26. The maximum atomic E-state index is 12.3. The Hall–Kier alpha value is -2.34. The summed E-state index contributed by atoms with van der Waals surface area (Å²) in [5.41, 5.74) is 1.86. The molecule has 1 aliphatic rings. The van der Waals surface area contributed by atoms with Crippen molar-refractivity contribution in [2.75, 3.05) is 10.6 Å². The highest BCUT2D eigenvalue weighted by Gasteiger charge is 2.23. The van der Waals surface area contributed by atoms with Gasteiger partial charge in [-0.1, -0.05) is 0 Å². The van der Waals surface area contributed by atoms with Crippen molar-refractivity contribution in [1.82, 2.24) is 0 Å². The van der Waals surface area contributed by atoms with Gasteiger partial charge in [-0.05, 0) is 45.0 Å². The van der Waals surface area contributed by atoms with E-state index >= 15 is 0 Å². The van der Waals surface area contributed by atoms with Crippen LogP contribution in [-0.4, -0.2) is 17.9 Å². The summed E-state index contributed by atoms with van der Waals surface area (Å²) in [6.45, 7) is 5.59. The normalized spacial score (nSPS) is 16.5. The molecule has 2 heterocycles. The number of amides is 2. The maximum Gasteiger partial charge on any atom is 0.265 e. The highest BCUT2D eigenvalue weighted by atomic mass is 32.1. The van der Waals surface area contributed by atoms with Crippen LogP contribution < -0.4 is 15.4 Å². The number of nitrogens with one attached hydrogen (secondary N) is 2. The van der Waals surface area contributed by atoms with Crippen LogP contribution in [0.15, 0.2) is 24.3 Å². The zero-order chi connectivity index (χ0) is 15.9. The SMILES string of the molecule is Cc1cc(C(=O)Nc2ccc3c(c2)NC(=O)[C@@H](C)O3)c(C)s1. The van der Waals surface area contributed by atoms with Crippen LogP contribution in [0.25, 0.3) is 0 Å². The van der Waals surface area contributed by atoms with Crippen LogP contribution in [-0.2, 0) is 4.79 Å². The molecule has 0 spiro atoms. The molecule has 0 saturated heterocycles. The van der Waals surface area contributed by atoms with Gasteiger partial charge >= 0.3 is 0 Å². The molecule has 114 valence electrons. The van der Waals surface area contributed by atoms with Crippen molar-refractivity contribution in [2.24, 2.45) is 0 Å². The number of carbonyl (C=O) groups excluding carboxylic acids is 2. The van der Waals surface area contributed by atoms with Crippen molar-refractivity contribution < 1.29 is 14.3 Å². The number of carbonyl (C=O) groups is 2. The molecule has 0 bridgehead atoms. The summed E-state index contributed by atoms with van der Waals surface area (Å²) < 4.78 is 5.49. The Bertz CT molecular complexity index is 767. The Balaban J connectivity index is 1.82. The summed E-state index contributed by atoms with van der Waals surface area (Å²) in [5.74, 6) is 0.256. The van der Waals surface area contributed by atoms with Crippen molar-refractivity contribution in [3.8, 4) is 5.75 Å². The highest BCUT2D eigenvalue weighted by molar-refractivity contribution is 7.12. The van der Waals surface area contributed by atoms with Crippen LogP contribution in [0, 0.1) is 13.8 Å². The topological polar surface area (TPSA) is 67.4 Å². The van der Waals surface area contributed by atoms with E-state index in [4.69, 9.17) is 4.74 Å². The van der Waals surface area contributed by atoms with E-state index in [-0.39, 0.29) is 11.8 Å². The van der Waals surface area contributed by atoms with Gasteiger partial charge in [-0.2, -0.15) is 0 Å². The zero-order valence-electron chi connectivity index (χ0n) is 12.5. The zero-order valence-corrected chi connectivity index (χ0v) is 13.3. The van der Waals surface area contributed by atoms with Crippen molar-refractivity contribution in [1.29, 1.82) is 0 Å². The number of fused-ring (bicyclic) bond motifs is 1. The summed E-state index contributed by atoms with van der Waals surface area (Å²) in [6, 6.07) is 7.08. The number of benzene rings is 1. The molecule has 2 amide bonds. The van der Waals surface area contributed by atoms with Crippen LogP contribution in [0.3, 0.4) is 0 Å². The molecule has 1 aromatic carbocycles. The molecule has 3 rings (SSSR count). The molecule has 22 heavy (non-hydrogen) atoms. The quantitative estimate of drug-likeness (QED) is 0.893. The van der Waals surface area contributed by atoms with E-state index in [1.54, 1.807) is 36.5 Å². The van der Waals surface area contributed by atoms with Gasteiger partial charge in [0.25, 0.3) is 11.8 Å². The lowest BCUT2D eigenvalue weighted by atomic mass is 10.2. The third kappa shape index (κ3) is 2.69. The number of ether oxygens (including phenoxy) is 1. The van der Waals surface area contributed by atoms with Gasteiger partial charge in [-0.25, -0.2) is 0 Å². The second kappa shape index (κ2) is 5.46. The van der Waals surface area contributed by atoms with Gasteiger partial charge in [0.05, 0.1) is 11.3 Å². The number of hydrogen-bond donors (Lipinski definition) is 2. The van der Waals surface area contributed by atoms with Crippen LogP contribution in [0.1, 0.15) is 27.0 Å². The smallest absolute Gasteiger partial charge is 0.265 e. The number of aryl methyl sites for hydroxylation is 2. The van der Waals surface area contributed by atoms with Gasteiger partial charge in [0.1, 0.15) is 5.75 Å². The van der Waals surface area contributed by atoms with Gasteiger partial charge < -0.3 is 15.4 Å². The number of rotatable bonds is 2. The first-order valence-corrected chi connectivity index (χ1v) is 7.75. The molecular formula is C16H16N2O3S. The largest absolute Gasteiger partial charge is 0.479 e. The summed E-state index contributed by atoms with van der Waals surface area (Å²) in [7, 11) is 0. The van der Waals surface area contributed by atoms with Gasteiger partial charge in [0.2, 0.25) is 0 Å². The number of hydrogen-bond acceptors (Lipinski definition) is 4. The molecule has 0 saturated carbocycles. The second-order valence-corrected chi connectivity index (χ2v) is 6.70. The Kier molecular flexibility index (Phi) is 3.62. The first kappa shape index (κ1) is 14.6. The summed E-state index contributed by atoms with van der Waals surface area (Å²) in [5, 5.41) is 5.61. The van der Waals surface area contributed by atoms with Gasteiger partial charge in [0.15, 0.2) is 6.10 Å². The fourth-order valence-electron chi connectivity index (χ4n) is 2.34. The van der Waals surface area contributed by atoms with E-state index in [0.717, 1.165) is 9.75 Å². The van der Waals surface area contributed by atoms with E-state index in [0.29, 0.717) is 22.7 Å². The maximum absolute atomic E-state index is 12.3. The summed E-state index contributed by atoms with van der Waals surface area (Å²) >= 11 is 1.59. The van der Waals surface area contributed by atoms with Gasteiger partial charge in [-0.15, -0.1) is 11.3 Å². The minimum Gasteiger partial charge on any atom is -0.479 e. The van der Waals surface area contributed by atoms with E-state index in [1.807, 2.05) is 19.9 Å². The van der Waals surface area contributed by atoms with E-state index in [1.165, 1.54) is 0 Å². The molecule has 6 heteroatoms. The van der Waals surface area contributed by atoms with Crippen molar-refractivity contribution in [3.05, 3.63) is 39.6 Å². The van der Waals surface area contributed by atoms with Gasteiger partial charge in [0, 0.05) is 15.4 Å². The fraction of sp³-hybridized carbons (Fsp3) is 0.250.